The van der Waals surface area contributed by atoms with Gasteiger partial charge >= 0.3 is 0 Å². The summed E-state index contributed by atoms with van der Waals surface area (Å²) in [6, 6.07) is 4.96. The van der Waals surface area contributed by atoms with Gasteiger partial charge in [-0.3, -0.25) is 4.79 Å². The highest BCUT2D eigenvalue weighted by Gasteiger charge is 2.39. The van der Waals surface area contributed by atoms with Gasteiger partial charge < -0.3 is 20.3 Å². The average Bonchev–Trinajstić information content (AvgIpc) is 2.55. The van der Waals surface area contributed by atoms with E-state index in [1.165, 1.54) is 6.07 Å². The zero-order valence-corrected chi connectivity index (χ0v) is 16.6. The topological polar surface area (TPSA) is 53.6 Å². The van der Waals surface area contributed by atoms with Crippen LogP contribution in [-0.2, 0) is 22.6 Å². The van der Waals surface area contributed by atoms with Crippen molar-refractivity contribution < 1.29 is 13.9 Å². The minimum atomic E-state index is -0.752. The molecule has 1 saturated heterocycles. The molecule has 0 aliphatic carbocycles. The predicted molar refractivity (Wildman–Crippen MR) is 102 cm³/mol. The molecule has 2 N–H and O–H groups in total. The molecule has 0 radical (unpaired) electrons. The van der Waals surface area contributed by atoms with Gasteiger partial charge in [-0.2, -0.15) is 0 Å². The Morgan fingerprint density at radius 3 is 2.52 bits per heavy atom. The van der Waals surface area contributed by atoms with E-state index in [4.69, 9.17) is 4.74 Å². The molecule has 1 fully saturated rings. The number of carbonyl (C=O) groups excluding carboxylic acids is 1. The van der Waals surface area contributed by atoms with Gasteiger partial charge in [0.05, 0.1) is 0 Å². The Balaban J connectivity index is 0.00000288. The van der Waals surface area contributed by atoms with E-state index in [0.717, 1.165) is 18.7 Å². The van der Waals surface area contributed by atoms with Crippen molar-refractivity contribution in [3.05, 3.63) is 35.1 Å². The summed E-state index contributed by atoms with van der Waals surface area (Å²) < 4.78 is 19.3. The fourth-order valence-corrected chi connectivity index (χ4v) is 2.90. The van der Waals surface area contributed by atoms with Crippen molar-refractivity contribution in [3.63, 3.8) is 0 Å². The second-order valence-corrected chi connectivity index (χ2v) is 6.29. The molecule has 1 aliphatic rings. The molecular weight excluding hydrogens is 368 g/mol. The molecule has 2 rings (SSSR count). The lowest BCUT2D eigenvalue weighted by Gasteiger charge is -2.34. The lowest BCUT2D eigenvalue weighted by Crippen LogP contribution is -2.53. The van der Waals surface area contributed by atoms with Crippen LogP contribution in [0.15, 0.2) is 18.2 Å². The molecule has 144 valence electrons. The van der Waals surface area contributed by atoms with Gasteiger partial charge in [-0.05, 0) is 57.7 Å². The third kappa shape index (κ3) is 6.38. The van der Waals surface area contributed by atoms with Crippen LogP contribution in [0.1, 0.15) is 24.0 Å². The largest absolute Gasteiger partial charge is 0.368 e. The zero-order valence-electron chi connectivity index (χ0n) is 14.9. The second-order valence-electron chi connectivity index (χ2n) is 6.29. The summed E-state index contributed by atoms with van der Waals surface area (Å²) in [4.78, 5) is 14.4. The maximum absolute atomic E-state index is 13.8. The van der Waals surface area contributed by atoms with Crippen LogP contribution in [0.2, 0.25) is 0 Å². The van der Waals surface area contributed by atoms with Crippen molar-refractivity contribution in [2.24, 2.45) is 0 Å². The number of ether oxygens (including phenoxy) is 1. The molecule has 25 heavy (non-hydrogen) atoms. The molecule has 1 aliphatic heterocycles. The number of nitrogens with one attached hydrogen (secondary N) is 2. The molecular formula is C17H28Cl2FN3O2. The first-order valence-corrected chi connectivity index (χ1v) is 7.93. The molecule has 0 bridgehead atoms. The number of amides is 1. The Hall–Kier alpha value is -0.920. The minimum Gasteiger partial charge on any atom is -0.368 e. The molecule has 1 aromatic carbocycles. The third-order valence-corrected chi connectivity index (χ3v) is 4.27. The summed E-state index contributed by atoms with van der Waals surface area (Å²) in [6.07, 6.45) is 1.31. The van der Waals surface area contributed by atoms with Crippen LogP contribution < -0.4 is 10.6 Å². The maximum atomic E-state index is 13.8. The summed E-state index contributed by atoms with van der Waals surface area (Å²) in [5.74, 6) is -0.319. The van der Waals surface area contributed by atoms with Crippen LogP contribution in [-0.4, -0.2) is 50.7 Å². The predicted octanol–water partition coefficient (Wildman–Crippen LogP) is 2.12. The standard InChI is InChI=1S/C17H26FN3O2.2ClH/c1-21(2)12-14-10-13(4-5-15(14)18)11-20-16(22)17(23-3)6-8-19-9-7-17;;/h4-5,10,19H,6-9,11-12H2,1-3H3,(H,20,22);2*1H. The van der Waals surface area contributed by atoms with Crippen LogP contribution in [0.5, 0.6) is 0 Å². The summed E-state index contributed by atoms with van der Waals surface area (Å²) >= 11 is 0. The summed E-state index contributed by atoms with van der Waals surface area (Å²) in [5, 5.41) is 6.16. The highest BCUT2D eigenvalue weighted by molar-refractivity contribution is 5.86. The first-order chi connectivity index (χ1) is 11.0. The van der Waals surface area contributed by atoms with E-state index in [-0.39, 0.29) is 36.5 Å². The van der Waals surface area contributed by atoms with Gasteiger partial charge in [-0.15, -0.1) is 24.8 Å². The number of halogens is 3. The van der Waals surface area contributed by atoms with Crippen molar-refractivity contribution in [2.45, 2.75) is 31.5 Å². The van der Waals surface area contributed by atoms with E-state index in [2.05, 4.69) is 10.6 Å². The Morgan fingerprint density at radius 1 is 1.32 bits per heavy atom. The highest BCUT2D eigenvalue weighted by atomic mass is 35.5. The number of hydrogen-bond acceptors (Lipinski definition) is 4. The molecule has 0 spiro atoms. The summed E-state index contributed by atoms with van der Waals surface area (Å²) in [5.41, 5.74) is 0.763. The molecule has 0 aromatic heterocycles. The summed E-state index contributed by atoms with van der Waals surface area (Å²) in [7, 11) is 5.37. The molecule has 8 heteroatoms. The molecule has 1 aromatic rings. The number of piperidine rings is 1. The number of hydrogen-bond donors (Lipinski definition) is 2. The van der Waals surface area contributed by atoms with E-state index in [1.807, 2.05) is 19.0 Å². The Kier molecular flexibility index (Phi) is 10.5. The van der Waals surface area contributed by atoms with Gasteiger partial charge in [0.25, 0.3) is 5.91 Å². The summed E-state index contributed by atoms with van der Waals surface area (Å²) in [6.45, 7) is 2.44. The Labute approximate surface area is 161 Å². The SMILES string of the molecule is COC1(C(=O)NCc2ccc(F)c(CN(C)C)c2)CCNCC1.Cl.Cl. The van der Waals surface area contributed by atoms with E-state index in [1.54, 1.807) is 19.2 Å². The highest BCUT2D eigenvalue weighted by Crippen LogP contribution is 2.23. The van der Waals surface area contributed by atoms with Crippen LogP contribution in [0.3, 0.4) is 0 Å². The van der Waals surface area contributed by atoms with Gasteiger partial charge in [-0.1, -0.05) is 6.07 Å². The Morgan fingerprint density at radius 2 is 1.96 bits per heavy atom. The molecule has 0 atom stereocenters. The van der Waals surface area contributed by atoms with Gasteiger partial charge in [0.1, 0.15) is 11.4 Å². The van der Waals surface area contributed by atoms with Gasteiger partial charge in [0.15, 0.2) is 0 Å². The van der Waals surface area contributed by atoms with Gasteiger partial charge in [-0.25, -0.2) is 4.39 Å². The second kappa shape index (κ2) is 10.9. The number of benzene rings is 1. The fraction of sp³-hybridized carbons (Fsp3) is 0.588. The lowest BCUT2D eigenvalue weighted by atomic mass is 9.91. The smallest absolute Gasteiger partial charge is 0.252 e. The number of rotatable bonds is 6. The maximum Gasteiger partial charge on any atom is 0.252 e. The molecule has 0 saturated carbocycles. The molecule has 5 nitrogen and oxygen atoms in total. The number of methoxy groups -OCH3 is 1. The molecule has 1 amide bonds. The minimum absolute atomic E-state index is 0. The monoisotopic (exact) mass is 395 g/mol. The third-order valence-electron chi connectivity index (χ3n) is 4.27. The quantitative estimate of drug-likeness (QED) is 0.774. The van der Waals surface area contributed by atoms with Gasteiger partial charge in [0, 0.05) is 25.8 Å². The first kappa shape index (κ1) is 24.1. The van der Waals surface area contributed by atoms with Gasteiger partial charge in [0.2, 0.25) is 0 Å². The number of nitrogens with zero attached hydrogens (tertiary/aromatic N) is 1. The van der Waals surface area contributed by atoms with E-state index < -0.39 is 5.60 Å². The first-order valence-electron chi connectivity index (χ1n) is 7.93. The van der Waals surface area contributed by atoms with Crippen LogP contribution in [0, 0.1) is 5.82 Å². The van der Waals surface area contributed by atoms with E-state index in [0.29, 0.717) is 31.5 Å². The van der Waals surface area contributed by atoms with Crippen LogP contribution >= 0.6 is 24.8 Å². The van der Waals surface area contributed by atoms with Crippen molar-refractivity contribution in [1.29, 1.82) is 0 Å². The van der Waals surface area contributed by atoms with E-state index in [9.17, 15) is 9.18 Å². The van der Waals surface area contributed by atoms with Crippen LogP contribution in [0.25, 0.3) is 0 Å². The normalized spacial score (nSPS) is 15.9. The number of carbonyl (C=O) groups is 1. The van der Waals surface area contributed by atoms with Crippen molar-refractivity contribution in [3.8, 4) is 0 Å². The average molecular weight is 396 g/mol. The zero-order chi connectivity index (χ0) is 16.9. The molecule has 0 unspecified atom stereocenters. The Bertz CT molecular complexity index is 553. The van der Waals surface area contributed by atoms with Crippen molar-refractivity contribution in [2.75, 3.05) is 34.3 Å². The van der Waals surface area contributed by atoms with Crippen molar-refractivity contribution >= 4 is 30.7 Å². The van der Waals surface area contributed by atoms with Crippen molar-refractivity contribution in [1.82, 2.24) is 15.5 Å². The van der Waals surface area contributed by atoms with E-state index >= 15 is 0 Å². The van der Waals surface area contributed by atoms with Crippen LogP contribution in [0.4, 0.5) is 4.39 Å². The lowest BCUT2D eigenvalue weighted by molar-refractivity contribution is -0.146. The molecule has 1 heterocycles. The fourth-order valence-electron chi connectivity index (χ4n) is 2.90.